The van der Waals surface area contributed by atoms with E-state index in [4.69, 9.17) is 27.9 Å². The van der Waals surface area contributed by atoms with Gasteiger partial charge in [-0.3, -0.25) is 4.79 Å². The van der Waals surface area contributed by atoms with Gasteiger partial charge in [0.2, 0.25) is 5.91 Å². The van der Waals surface area contributed by atoms with Crippen molar-refractivity contribution >= 4 is 40.8 Å². The number of nitrogens with zero attached hydrogens (tertiary/aromatic N) is 1. The average Bonchev–Trinajstić information content (AvgIpc) is 2.38. The highest BCUT2D eigenvalue weighted by molar-refractivity contribution is 6.37. The Labute approximate surface area is 119 Å². The first-order valence-corrected chi connectivity index (χ1v) is 6.28. The lowest BCUT2D eigenvalue weighted by Gasteiger charge is -2.11. The Kier molecular flexibility index (Phi) is 4.39. The lowest BCUT2D eigenvalue weighted by Crippen LogP contribution is -2.30. The molecule has 0 spiro atoms. The summed E-state index contributed by atoms with van der Waals surface area (Å²) in [5, 5.41) is 4.59. The van der Waals surface area contributed by atoms with Crippen LogP contribution in [0.15, 0.2) is 23.3 Å². The highest BCUT2D eigenvalue weighted by atomic mass is 35.5. The molecule has 1 aliphatic heterocycles. The zero-order chi connectivity index (χ0) is 13.8. The van der Waals surface area contributed by atoms with Crippen LogP contribution in [0, 0.1) is 0 Å². The summed E-state index contributed by atoms with van der Waals surface area (Å²) in [6.45, 7) is 0.0296. The number of halogens is 2. The third-order valence-electron chi connectivity index (χ3n) is 2.51. The lowest BCUT2D eigenvalue weighted by atomic mass is 10.2. The van der Waals surface area contributed by atoms with Gasteiger partial charge < -0.3 is 4.74 Å². The molecular formula is C12H10Cl2N2O3. The summed E-state index contributed by atoms with van der Waals surface area (Å²) in [5.41, 5.74) is 3.09. The van der Waals surface area contributed by atoms with Gasteiger partial charge in [0.15, 0.2) is 0 Å². The fraction of sp³-hybridized carbons (Fsp3) is 0.250. The van der Waals surface area contributed by atoms with Gasteiger partial charge in [-0.05, 0) is 12.1 Å². The standard InChI is InChI=1S/C12H10Cl2N2O3/c13-8-2-1-7(9(14)5-8)6-19-12(18)10-3-4-11(17)16-15-10/h1-2,5H,3-4,6H2,(H,16,17). The van der Waals surface area contributed by atoms with E-state index in [-0.39, 0.29) is 31.1 Å². The Morgan fingerprint density at radius 3 is 2.79 bits per heavy atom. The molecule has 1 aromatic rings. The molecule has 1 aliphatic rings. The van der Waals surface area contributed by atoms with Gasteiger partial charge in [-0.2, -0.15) is 5.10 Å². The zero-order valence-corrected chi connectivity index (χ0v) is 11.3. The first-order chi connectivity index (χ1) is 9.06. The molecule has 0 bridgehead atoms. The molecule has 0 saturated heterocycles. The van der Waals surface area contributed by atoms with Crippen LogP contribution in [0.25, 0.3) is 0 Å². The van der Waals surface area contributed by atoms with E-state index in [1.807, 2.05) is 0 Å². The second-order valence-corrected chi connectivity index (χ2v) is 4.75. The zero-order valence-electron chi connectivity index (χ0n) is 9.78. The minimum atomic E-state index is -0.564. The van der Waals surface area contributed by atoms with Crippen molar-refractivity contribution < 1.29 is 14.3 Å². The van der Waals surface area contributed by atoms with E-state index in [1.165, 1.54) is 0 Å². The number of carbonyl (C=O) groups is 2. The summed E-state index contributed by atoms with van der Waals surface area (Å²) in [6.07, 6.45) is 0.509. The number of hydrogen-bond donors (Lipinski definition) is 1. The topological polar surface area (TPSA) is 67.8 Å². The maximum Gasteiger partial charge on any atom is 0.354 e. The Bertz CT molecular complexity index is 558. The number of benzene rings is 1. The van der Waals surface area contributed by atoms with Crippen molar-refractivity contribution in [2.75, 3.05) is 0 Å². The Morgan fingerprint density at radius 2 is 2.16 bits per heavy atom. The molecule has 2 rings (SSSR count). The highest BCUT2D eigenvalue weighted by Crippen LogP contribution is 2.21. The minimum Gasteiger partial charge on any atom is -0.456 e. The number of esters is 1. The van der Waals surface area contributed by atoms with Gasteiger partial charge in [-0.15, -0.1) is 0 Å². The molecule has 0 fully saturated rings. The number of rotatable bonds is 3. The lowest BCUT2D eigenvalue weighted by molar-refractivity contribution is -0.137. The molecule has 0 saturated carbocycles. The summed E-state index contributed by atoms with van der Waals surface area (Å²) in [6, 6.07) is 4.92. The first kappa shape index (κ1) is 13.8. The summed E-state index contributed by atoms with van der Waals surface area (Å²) in [4.78, 5) is 22.6. The molecule has 0 unspecified atom stereocenters. The van der Waals surface area contributed by atoms with Crippen molar-refractivity contribution in [3.8, 4) is 0 Å². The number of hydrogen-bond acceptors (Lipinski definition) is 4. The van der Waals surface area contributed by atoms with Crippen molar-refractivity contribution in [3.05, 3.63) is 33.8 Å². The van der Waals surface area contributed by atoms with Gasteiger partial charge in [-0.25, -0.2) is 10.2 Å². The molecule has 0 atom stereocenters. The van der Waals surface area contributed by atoms with E-state index in [1.54, 1.807) is 18.2 Å². The van der Waals surface area contributed by atoms with Crippen molar-refractivity contribution in [1.29, 1.82) is 0 Å². The fourth-order valence-corrected chi connectivity index (χ4v) is 1.95. The molecule has 100 valence electrons. The van der Waals surface area contributed by atoms with E-state index in [0.29, 0.717) is 15.6 Å². The molecule has 0 aromatic heterocycles. The van der Waals surface area contributed by atoms with E-state index in [0.717, 1.165) is 0 Å². The number of amides is 1. The van der Waals surface area contributed by atoms with E-state index >= 15 is 0 Å². The predicted molar refractivity (Wildman–Crippen MR) is 71.1 cm³/mol. The smallest absolute Gasteiger partial charge is 0.354 e. The number of carbonyl (C=O) groups excluding carboxylic acids is 2. The molecule has 5 nitrogen and oxygen atoms in total. The second-order valence-electron chi connectivity index (χ2n) is 3.91. The largest absolute Gasteiger partial charge is 0.456 e. The SMILES string of the molecule is O=C1CCC(C(=O)OCc2ccc(Cl)cc2Cl)=NN1. The van der Waals surface area contributed by atoms with Crippen LogP contribution in [-0.2, 0) is 20.9 Å². The van der Waals surface area contributed by atoms with Crippen molar-refractivity contribution in [2.45, 2.75) is 19.4 Å². The molecule has 0 radical (unpaired) electrons. The molecule has 19 heavy (non-hydrogen) atoms. The molecular weight excluding hydrogens is 291 g/mol. The normalized spacial score (nSPS) is 14.6. The highest BCUT2D eigenvalue weighted by Gasteiger charge is 2.19. The van der Waals surface area contributed by atoms with Gasteiger partial charge in [0.1, 0.15) is 12.3 Å². The second kappa shape index (κ2) is 6.04. The van der Waals surface area contributed by atoms with Crippen LogP contribution in [-0.4, -0.2) is 17.6 Å². The summed E-state index contributed by atoms with van der Waals surface area (Å²) in [7, 11) is 0. The maximum absolute atomic E-state index is 11.7. The van der Waals surface area contributed by atoms with Crippen LogP contribution < -0.4 is 5.43 Å². The van der Waals surface area contributed by atoms with Crippen molar-refractivity contribution in [3.63, 3.8) is 0 Å². The van der Waals surface area contributed by atoms with Crippen LogP contribution in [0.2, 0.25) is 10.0 Å². The minimum absolute atomic E-state index is 0.0296. The Hall–Kier alpha value is -1.59. The van der Waals surface area contributed by atoms with E-state index in [2.05, 4.69) is 10.5 Å². The summed E-state index contributed by atoms with van der Waals surface area (Å²) >= 11 is 11.7. The molecule has 7 heteroatoms. The van der Waals surface area contributed by atoms with Crippen LogP contribution in [0.1, 0.15) is 18.4 Å². The molecule has 1 heterocycles. The predicted octanol–water partition coefficient (Wildman–Crippen LogP) is 2.30. The molecule has 1 amide bonds. The van der Waals surface area contributed by atoms with Crippen LogP contribution in [0.5, 0.6) is 0 Å². The third-order valence-corrected chi connectivity index (χ3v) is 3.10. The van der Waals surface area contributed by atoms with E-state index in [9.17, 15) is 9.59 Å². The number of ether oxygens (including phenoxy) is 1. The molecule has 1 aromatic carbocycles. The van der Waals surface area contributed by atoms with Crippen LogP contribution in [0.4, 0.5) is 0 Å². The quantitative estimate of drug-likeness (QED) is 0.871. The Morgan fingerprint density at radius 1 is 1.37 bits per heavy atom. The Balaban J connectivity index is 1.95. The van der Waals surface area contributed by atoms with Gasteiger partial charge in [0.25, 0.3) is 0 Å². The summed E-state index contributed by atoms with van der Waals surface area (Å²) < 4.78 is 5.07. The van der Waals surface area contributed by atoms with Gasteiger partial charge >= 0.3 is 5.97 Å². The van der Waals surface area contributed by atoms with Crippen molar-refractivity contribution in [2.24, 2.45) is 5.10 Å². The van der Waals surface area contributed by atoms with Crippen molar-refractivity contribution in [1.82, 2.24) is 5.43 Å². The summed E-state index contributed by atoms with van der Waals surface area (Å²) in [5.74, 6) is -0.775. The van der Waals surface area contributed by atoms with Crippen LogP contribution >= 0.6 is 23.2 Å². The van der Waals surface area contributed by atoms with Crippen LogP contribution in [0.3, 0.4) is 0 Å². The molecule has 0 aliphatic carbocycles. The number of nitrogens with one attached hydrogen (secondary N) is 1. The van der Waals surface area contributed by atoms with E-state index < -0.39 is 5.97 Å². The first-order valence-electron chi connectivity index (χ1n) is 5.52. The molecule has 1 N–H and O–H groups in total. The fourth-order valence-electron chi connectivity index (χ4n) is 1.49. The van der Waals surface area contributed by atoms with Gasteiger partial charge in [0, 0.05) is 28.5 Å². The third kappa shape index (κ3) is 3.68. The van der Waals surface area contributed by atoms with Gasteiger partial charge in [-0.1, -0.05) is 29.3 Å². The monoisotopic (exact) mass is 300 g/mol. The van der Waals surface area contributed by atoms with Gasteiger partial charge in [0.05, 0.1) is 0 Å². The maximum atomic E-state index is 11.7. The average molecular weight is 301 g/mol. The number of hydrazone groups is 1.